The van der Waals surface area contributed by atoms with Crippen LogP contribution in [-0.2, 0) is 6.61 Å². The molecule has 0 radical (unpaired) electrons. The van der Waals surface area contributed by atoms with Gasteiger partial charge in [0, 0.05) is 0 Å². The predicted octanol–water partition coefficient (Wildman–Crippen LogP) is 3.28. The van der Waals surface area contributed by atoms with Crippen LogP contribution < -0.4 is 4.74 Å². The number of hydrogen-bond donors (Lipinski definition) is 0. The number of ether oxygens (including phenoxy) is 1. The van der Waals surface area contributed by atoms with Crippen LogP contribution in [0.3, 0.4) is 0 Å². The molecule has 0 fully saturated rings. The first-order chi connectivity index (χ1) is 11.3. The fraction of sp³-hybridized carbons (Fsp3) is 0.167. The molecule has 5 heteroatoms. The highest BCUT2D eigenvalue weighted by molar-refractivity contribution is 5.73. The molecular formula is C18H17N3O2. The van der Waals surface area contributed by atoms with E-state index < -0.39 is 0 Å². The second kappa shape index (κ2) is 6.87. The van der Waals surface area contributed by atoms with Gasteiger partial charge in [0.1, 0.15) is 18.1 Å². The first kappa shape index (κ1) is 15.0. The summed E-state index contributed by atoms with van der Waals surface area (Å²) in [5, 5.41) is 8.09. The summed E-state index contributed by atoms with van der Waals surface area (Å²) in [6, 6.07) is 19.4. The lowest BCUT2D eigenvalue weighted by Gasteiger charge is -2.15. The third-order valence-corrected chi connectivity index (χ3v) is 3.70. The number of rotatable bonds is 6. The van der Waals surface area contributed by atoms with Crippen molar-refractivity contribution in [1.82, 2.24) is 15.0 Å². The zero-order chi connectivity index (χ0) is 16.1. The summed E-state index contributed by atoms with van der Waals surface area (Å²) in [6.07, 6.45) is 0.713. The molecular weight excluding hydrogens is 290 g/mol. The highest BCUT2D eigenvalue weighted by Gasteiger charge is 2.18. The molecule has 0 aliphatic heterocycles. The van der Waals surface area contributed by atoms with Gasteiger partial charge in [-0.2, -0.15) is 0 Å². The Labute approximate surface area is 134 Å². The topological polar surface area (TPSA) is 57.0 Å². The Bertz CT molecular complexity index is 769. The van der Waals surface area contributed by atoms with Crippen LogP contribution >= 0.6 is 0 Å². The first-order valence-electron chi connectivity index (χ1n) is 7.41. The van der Waals surface area contributed by atoms with Gasteiger partial charge in [0.05, 0.1) is 6.04 Å². The first-order valence-corrected chi connectivity index (χ1v) is 7.41. The molecule has 3 rings (SSSR count). The Morgan fingerprint density at radius 3 is 2.39 bits per heavy atom. The molecule has 1 heterocycles. The van der Waals surface area contributed by atoms with Gasteiger partial charge in [0.15, 0.2) is 12.0 Å². The van der Waals surface area contributed by atoms with Crippen molar-refractivity contribution in [3.8, 4) is 5.75 Å². The van der Waals surface area contributed by atoms with Gasteiger partial charge in [0.25, 0.3) is 0 Å². The standard InChI is InChI=1S/C18H17N3O2/c1-14(15-8-4-2-5-9-15)21-18(17(12-22)19-20-21)13-23-16-10-6-3-7-11-16/h2-12,14H,13H2,1H3. The summed E-state index contributed by atoms with van der Waals surface area (Å²) in [7, 11) is 0. The van der Waals surface area contributed by atoms with Crippen LogP contribution in [0.2, 0.25) is 0 Å². The lowest BCUT2D eigenvalue weighted by Crippen LogP contribution is -2.14. The predicted molar refractivity (Wildman–Crippen MR) is 86.4 cm³/mol. The van der Waals surface area contributed by atoms with E-state index in [1.165, 1.54) is 0 Å². The number of para-hydroxylation sites is 1. The van der Waals surface area contributed by atoms with Gasteiger partial charge in [-0.1, -0.05) is 53.7 Å². The summed E-state index contributed by atoms with van der Waals surface area (Å²) < 4.78 is 7.50. The van der Waals surface area contributed by atoms with Crippen LogP contribution in [0.15, 0.2) is 60.7 Å². The fourth-order valence-corrected chi connectivity index (χ4v) is 2.41. The van der Waals surface area contributed by atoms with Gasteiger partial charge in [-0.3, -0.25) is 4.79 Å². The van der Waals surface area contributed by atoms with Gasteiger partial charge in [0.2, 0.25) is 0 Å². The molecule has 3 aromatic rings. The molecule has 0 bridgehead atoms. The largest absolute Gasteiger partial charge is 0.487 e. The molecule has 0 spiro atoms. The average molecular weight is 307 g/mol. The van der Waals surface area contributed by atoms with Crippen molar-refractivity contribution in [2.45, 2.75) is 19.6 Å². The number of aldehydes is 1. The van der Waals surface area contributed by atoms with Crippen LogP contribution in [0.25, 0.3) is 0 Å². The zero-order valence-corrected chi connectivity index (χ0v) is 12.8. The smallest absolute Gasteiger partial charge is 0.172 e. The minimum Gasteiger partial charge on any atom is -0.487 e. The molecule has 23 heavy (non-hydrogen) atoms. The van der Waals surface area contributed by atoms with Crippen LogP contribution in [0.4, 0.5) is 0 Å². The van der Waals surface area contributed by atoms with E-state index in [2.05, 4.69) is 10.3 Å². The summed E-state index contributed by atoms with van der Waals surface area (Å²) in [5.41, 5.74) is 2.07. The molecule has 5 nitrogen and oxygen atoms in total. The normalized spacial score (nSPS) is 11.9. The lowest BCUT2D eigenvalue weighted by atomic mass is 10.1. The van der Waals surface area contributed by atoms with Crippen LogP contribution in [0, 0.1) is 0 Å². The van der Waals surface area contributed by atoms with E-state index in [4.69, 9.17) is 4.74 Å². The van der Waals surface area contributed by atoms with E-state index in [9.17, 15) is 4.79 Å². The zero-order valence-electron chi connectivity index (χ0n) is 12.8. The monoisotopic (exact) mass is 307 g/mol. The minimum absolute atomic E-state index is 0.0354. The Kier molecular flexibility index (Phi) is 4.47. The number of nitrogens with zero attached hydrogens (tertiary/aromatic N) is 3. The van der Waals surface area contributed by atoms with Crippen molar-refractivity contribution in [2.24, 2.45) is 0 Å². The van der Waals surface area contributed by atoms with Gasteiger partial charge >= 0.3 is 0 Å². The molecule has 1 unspecified atom stereocenters. The fourth-order valence-electron chi connectivity index (χ4n) is 2.41. The van der Waals surface area contributed by atoms with E-state index in [0.717, 1.165) is 11.3 Å². The minimum atomic E-state index is -0.0354. The summed E-state index contributed by atoms with van der Waals surface area (Å²) >= 11 is 0. The van der Waals surface area contributed by atoms with Crippen LogP contribution in [-0.4, -0.2) is 21.3 Å². The molecule has 0 amide bonds. The van der Waals surface area contributed by atoms with E-state index in [1.54, 1.807) is 4.68 Å². The van der Waals surface area contributed by atoms with Crippen molar-refractivity contribution in [1.29, 1.82) is 0 Å². The Hall–Kier alpha value is -2.95. The van der Waals surface area contributed by atoms with Crippen molar-refractivity contribution >= 4 is 6.29 Å². The molecule has 0 aliphatic rings. The molecule has 1 aromatic heterocycles. The number of aromatic nitrogens is 3. The van der Waals surface area contributed by atoms with Crippen molar-refractivity contribution in [3.05, 3.63) is 77.6 Å². The van der Waals surface area contributed by atoms with Gasteiger partial charge in [-0.15, -0.1) is 5.10 Å². The van der Waals surface area contributed by atoms with E-state index in [-0.39, 0.29) is 12.6 Å². The Morgan fingerprint density at radius 1 is 1.09 bits per heavy atom. The maximum atomic E-state index is 11.2. The van der Waals surface area contributed by atoms with E-state index in [0.29, 0.717) is 17.7 Å². The van der Waals surface area contributed by atoms with Crippen LogP contribution in [0.1, 0.15) is 34.7 Å². The Morgan fingerprint density at radius 2 is 1.74 bits per heavy atom. The summed E-state index contributed by atoms with van der Waals surface area (Å²) in [4.78, 5) is 11.2. The van der Waals surface area contributed by atoms with Crippen LogP contribution in [0.5, 0.6) is 5.75 Å². The number of benzene rings is 2. The average Bonchev–Trinajstić information content (AvgIpc) is 3.04. The highest BCUT2D eigenvalue weighted by atomic mass is 16.5. The number of carbonyl (C=O) groups is 1. The molecule has 0 saturated heterocycles. The molecule has 2 aromatic carbocycles. The molecule has 0 aliphatic carbocycles. The molecule has 0 saturated carbocycles. The summed E-state index contributed by atoms with van der Waals surface area (Å²) in [5.74, 6) is 0.740. The van der Waals surface area contributed by atoms with Gasteiger partial charge in [-0.25, -0.2) is 4.68 Å². The second-order valence-electron chi connectivity index (χ2n) is 5.17. The number of hydrogen-bond acceptors (Lipinski definition) is 4. The highest BCUT2D eigenvalue weighted by Crippen LogP contribution is 2.21. The van der Waals surface area contributed by atoms with Crippen molar-refractivity contribution < 1.29 is 9.53 Å². The molecule has 116 valence electrons. The molecule has 1 atom stereocenters. The summed E-state index contributed by atoms with van der Waals surface area (Å²) in [6.45, 7) is 2.26. The third-order valence-electron chi connectivity index (χ3n) is 3.70. The van der Waals surface area contributed by atoms with Gasteiger partial charge < -0.3 is 4.74 Å². The number of carbonyl (C=O) groups excluding carboxylic acids is 1. The maximum Gasteiger partial charge on any atom is 0.172 e. The maximum absolute atomic E-state index is 11.2. The third kappa shape index (κ3) is 3.29. The SMILES string of the molecule is CC(c1ccccc1)n1nnc(C=O)c1COc1ccccc1. The van der Waals surface area contributed by atoms with Crippen molar-refractivity contribution in [3.63, 3.8) is 0 Å². The quantitative estimate of drug-likeness (QED) is 0.656. The second-order valence-corrected chi connectivity index (χ2v) is 5.17. The van der Waals surface area contributed by atoms with Gasteiger partial charge in [-0.05, 0) is 24.6 Å². The van der Waals surface area contributed by atoms with E-state index >= 15 is 0 Å². The van der Waals surface area contributed by atoms with E-state index in [1.807, 2.05) is 67.6 Å². The van der Waals surface area contributed by atoms with Crippen molar-refractivity contribution in [2.75, 3.05) is 0 Å². The lowest BCUT2D eigenvalue weighted by molar-refractivity contribution is 0.111. The Balaban J connectivity index is 1.87. The molecule has 0 N–H and O–H groups in total.